The second kappa shape index (κ2) is 11.6. The SMILES string of the molecule is CC(C#N)NC(=O)C1CC(F)CCC1c1nc(-c2ccc(F)cn2)sc1-c1ccc(N2CCS(=O)(=O)CC2)cc1. The molecule has 40 heavy (non-hydrogen) atoms. The van der Waals surface area contributed by atoms with Gasteiger partial charge in [0.1, 0.15) is 23.0 Å². The van der Waals surface area contributed by atoms with Crippen LogP contribution in [0.5, 0.6) is 0 Å². The molecule has 1 N–H and O–H groups in total. The Morgan fingerprint density at radius 1 is 1.18 bits per heavy atom. The van der Waals surface area contributed by atoms with Crippen molar-refractivity contribution in [1.29, 1.82) is 5.26 Å². The number of benzene rings is 1. The Hall–Kier alpha value is -3.43. The summed E-state index contributed by atoms with van der Waals surface area (Å²) in [6.07, 6.45) is 0.731. The fourth-order valence-corrected chi connectivity index (χ4v) is 7.60. The first kappa shape index (κ1) is 28.1. The summed E-state index contributed by atoms with van der Waals surface area (Å²) in [5.74, 6) is -1.70. The molecule has 1 aromatic carbocycles. The molecule has 1 saturated heterocycles. The molecule has 3 heterocycles. The molecular weight excluding hydrogens is 556 g/mol. The number of sulfone groups is 1. The quantitative estimate of drug-likeness (QED) is 0.453. The lowest BCUT2D eigenvalue weighted by molar-refractivity contribution is -0.127. The maximum atomic E-state index is 14.6. The Morgan fingerprint density at radius 2 is 1.90 bits per heavy atom. The lowest BCUT2D eigenvalue weighted by Gasteiger charge is -2.32. The van der Waals surface area contributed by atoms with Gasteiger partial charge in [0, 0.05) is 30.6 Å². The van der Waals surface area contributed by atoms with E-state index >= 15 is 0 Å². The molecule has 3 aromatic rings. The monoisotopic (exact) mass is 585 g/mol. The molecule has 4 atom stereocenters. The van der Waals surface area contributed by atoms with Crippen molar-refractivity contribution in [2.45, 2.75) is 44.3 Å². The minimum absolute atomic E-state index is 0.0343. The van der Waals surface area contributed by atoms with Gasteiger partial charge >= 0.3 is 0 Å². The Bertz CT molecular complexity index is 1510. The van der Waals surface area contributed by atoms with Gasteiger partial charge in [0.15, 0.2) is 9.84 Å². The average Bonchev–Trinajstić information content (AvgIpc) is 3.38. The summed E-state index contributed by atoms with van der Waals surface area (Å²) in [5.41, 5.74) is 2.90. The van der Waals surface area contributed by atoms with Crippen molar-refractivity contribution < 1.29 is 22.0 Å². The van der Waals surface area contributed by atoms with Crippen molar-refractivity contribution >= 4 is 32.8 Å². The average molecular weight is 586 g/mol. The zero-order valence-corrected chi connectivity index (χ0v) is 23.5. The van der Waals surface area contributed by atoms with Crippen LogP contribution in [-0.2, 0) is 14.6 Å². The Kier molecular flexibility index (Phi) is 8.14. The first-order valence-electron chi connectivity index (χ1n) is 13.2. The van der Waals surface area contributed by atoms with Crippen molar-refractivity contribution in [2.75, 3.05) is 29.5 Å². The number of amides is 1. The molecule has 4 unspecified atom stereocenters. The fraction of sp³-hybridized carbons (Fsp3) is 0.429. The number of nitrogens with zero attached hydrogens (tertiary/aromatic N) is 4. The molecule has 0 bridgehead atoms. The van der Waals surface area contributed by atoms with Crippen LogP contribution in [0.1, 0.15) is 37.8 Å². The number of halogens is 2. The van der Waals surface area contributed by atoms with Crippen LogP contribution in [0.3, 0.4) is 0 Å². The van der Waals surface area contributed by atoms with Crippen LogP contribution in [0.2, 0.25) is 0 Å². The van der Waals surface area contributed by atoms with Crippen LogP contribution >= 0.6 is 11.3 Å². The molecule has 1 aliphatic carbocycles. The number of aromatic nitrogens is 2. The van der Waals surface area contributed by atoms with Crippen LogP contribution in [0.15, 0.2) is 42.6 Å². The number of hydrogen-bond donors (Lipinski definition) is 1. The van der Waals surface area contributed by atoms with E-state index in [1.165, 1.54) is 17.4 Å². The molecule has 210 valence electrons. The molecule has 2 aromatic heterocycles. The molecule has 1 amide bonds. The maximum Gasteiger partial charge on any atom is 0.224 e. The zero-order chi connectivity index (χ0) is 28.4. The van der Waals surface area contributed by atoms with E-state index in [9.17, 15) is 27.3 Å². The van der Waals surface area contributed by atoms with Crippen LogP contribution < -0.4 is 10.2 Å². The highest BCUT2D eigenvalue weighted by molar-refractivity contribution is 7.91. The summed E-state index contributed by atoms with van der Waals surface area (Å²) in [7, 11) is -3.00. The van der Waals surface area contributed by atoms with Gasteiger partial charge in [-0.15, -0.1) is 11.3 Å². The molecular formula is C28H29F2N5O3S2. The number of carbonyl (C=O) groups excluding carboxylic acids is 1. The number of carbonyl (C=O) groups is 1. The minimum atomic E-state index is -3.00. The molecule has 5 rings (SSSR count). The van der Waals surface area contributed by atoms with Crippen molar-refractivity contribution in [1.82, 2.24) is 15.3 Å². The summed E-state index contributed by atoms with van der Waals surface area (Å²) in [5, 5.41) is 12.4. The predicted molar refractivity (Wildman–Crippen MR) is 150 cm³/mol. The van der Waals surface area contributed by atoms with E-state index in [0.717, 1.165) is 22.3 Å². The second-order valence-electron chi connectivity index (χ2n) is 10.3. The lowest BCUT2D eigenvalue weighted by Crippen LogP contribution is -2.41. The predicted octanol–water partition coefficient (Wildman–Crippen LogP) is 4.50. The largest absolute Gasteiger partial charge is 0.369 e. The van der Waals surface area contributed by atoms with Gasteiger partial charge < -0.3 is 10.2 Å². The molecule has 2 aliphatic rings. The molecule has 0 radical (unpaired) electrons. The number of nitrogens with one attached hydrogen (secondary N) is 1. The Morgan fingerprint density at radius 3 is 2.55 bits per heavy atom. The van der Waals surface area contributed by atoms with Gasteiger partial charge in [-0.05, 0) is 56.0 Å². The van der Waals surface area contributed by atoms with Gasteiger partial charge in [-0.3, -0.25) is 9.78 Å². The standard InChI is InChI=1S/C28H29F2N5O3S2/c1-17(15-31)33-27(36)23-14-19(29)4-8-22(23)25-26(39-28(34-25)24-9-5-20(30)16-32-24)18-2-6-21(7-3-18)35-10-12-40(37,38)13-11-35/h2-3,5-7,9,16-17,19,22-23H,4,8,10-14H2,1H3,(H,33,36). The third kappa shape index (κ3) is 6.15. The summed E-state index contributed by atoms with van der Waals surface area (Å²) in [6, 6.07) is 11.9. The highest BCUT2D eigenvalue weighted by atomic mass is 32.2. The van der Waals surface area contributed by atoms with E-state index in [1.54, 1.807) is 13.0 Å². The summed E-state index contributed by atoms with van der Waals surface area (Å²) in [6.45, 7) is 2.44. The summed E-state index contributed by atoms with van der Waals surface area (Å²) in [4.78, 5) is 25.1. The van der Waals surface area contributed by atoms with E-state index in [1.807, 2.05) is 35.2 Å². The van der Waals surface area contributed by atoms with Gasteiger partial charge in [-0.25, -0.2) is 22.2 Å². The van der Waals surface area contributed by atoms with E-state index in [4.69, 9.17) is 4.98 Å². The van der Waals surface area contributed by atoms with E-state index < -0.39 is 33.8 Å². The third-order valence-corrected chi connectivity index (χ3v) is 10.2. The normalized spacial score (nSPS) is 23.2. The van der Waals surface area contributed by atoms with Crippen molar-refractivity contribution in [2.24, 2.45) is 5.92 Å². The zero-order valence-electron chi connectivity index (χ0n) is 21.9. The van der Waals surface area contributed by atoms with Crippen molar-refractivity contribution in [3.05, 3.63) is 54.1 Å². The highest BCUT2D eigenvalue weighted by Crippen LogP contribution is 2.46. The van der Waals surface area contributed by atoms with E-state index in [-0.39, 0.29) is 29.8 Å². The van der Waals surface area contributed by atoms with E-state index in [2.05, 4.69) is 10.3 Å². The van der Waals surface area contributed by atoms with E-state index in [0.29, 0.717) is 42.3 Å². The number of pyridine rings is 1. The van der Waals surface area contributed by atoms with Gasteiger partial charge in [-0.1, -0.05) is 12.1 Å². The Labute approximate surface area is 236 Å². The number of hydrogen-bond acceptors (Lipinski definition) is 8. The van der Waals surface area contributed by atoms with Gasteiger partial charge in [0.25, 0.3) is 0 Å². The molecule has 0 spiro atoms. The van der Waals surface area contributed by atoms with Crippen LogP contribution in [0, 0.1) is 23.1 Å². The van der Waals surface area contributed by atoms with Crippen LogP contribution in [0.25, 0.3) is 21.1 Å². The Balaban J connectivity index is 1.52. The van der Waals surface area contributed by atoms with Gasteiger partial charge in [-0.2, -0.15) is 5.26 Å². The lowest BCUT2D eigenvalue weighted by atomic mass is 9.75. The molecule has 2 fully saturated rings. The fourth-order valence-electron chi connectivity index (χ4n) is 5.29. The first-order valence-corrected chi connectivity index (χ1v) is 15.8. The third-order valence-electron chi connectivity index (χ3n) is 7.47. The maximum absolute atomic E-state index is 14.6. The number of rotatable bonds is 6. The smallest absolute Gasteiger partial charge is 0.224 e. The summed E-state index contributed by atoms with van der Waals surface area (Å²) < 4.78 is 51.8. The summed E-state index contributed by atoms with van der Waals surface area (Å²) >= 11 is 1.37. The molecule has 8 nitrogen and oxygen atoms in total. The highest BCUT2D eigenvalue weighted by Gasteiger charge is 2.39. The van der Waals surface area contributed by atoms with Crippen molar-refractivity contribution in [3.63, 3.8) is 0 Å². The number of anilines is 1. The van der Waals surface area contributed by atoms with Crippen LogP contribution in [-0.4, -0.2) is 61.1 Å². The van der Waals surface area contributed by atoms with Crippen LogP contribution in [0.4, 0.5) is 14.5 Å². The number of nitriles is 1. The molecule has 12 heteroatoms. The topological polar surface area (TPSA) is 116 Å². The van der Waals surface area contributed by atoms with Gasteiger partial charge in [0.05, 0.1) is 40.0 Å². The van der Waals surface area contributed by atoms with Gasteiger partial charge in [0.2, 0.25) is 5.91 Å². The molecule has 1 saturated carbocycles. The van der Waals surface area contributed by atoms with Crippen molar-refractivity contribution in [3.8, 4) is 27.2 Å². The first-order chi connectivity index (χ1) is 19.1. The number of alkyl halides is 1. The second-order valence-corrected chi connectivity index (χ2v) is 13.6. The minimum Gasteiger partial charge on any atom is -0.369 e. The molecule has 1 aliphatic heterocycles. The number of thiazole rings is 1.